The molecule has 0 atom stereocenters. The van der Waals surface area contributed by atoms with Crippen LogP contribution in [-0.2, 0) is 4.74 Å². The first kappa shape index (κ1) is 14.2. The third-order valence-corrected chi connectivity index (χ3v) is 2.75. The maximum atomic E-state index is 11.1. The van der Waals surface area contributed by atoms with E-state index in [1.54, 1.807) is 32.4 Å². The largest absolute Gasteiger partial charge is 0.382 e. The zero-order chi connectivity index (χ0) is 13.8. The molecule has 0 unspecified atom stereocenters. The van der Waals surface area contributed by atoms with Gasteiger partial charge in [0.1, 0.15) is 11.4 Å². The molecule has 18 heavy (non-hydrogen) atoms. The van der Waals surface area contributed by atoms with Crippen LogP contribution in [-0.4, -0.2) is 31.2 Å². The van der Waals surface area contributed by atoms with Crippen molar-refractivity contribution >= 4 is 17.1 Å². The van der Waals surface area contributed by atoms with E-state index in [1.807, 2.05) is 13.8 Å². The van der Waals surface area contributed by atoms with E-state index in [0.29, 0.717) is 17.9 Å². The number of rotatable bonds is 6. The Morgan fingerprint density at radius 2 is 2.00 bits per heavy atom. The number of methoxy groups -OCH3 is 1. The van der Waals surface area contributed by atoms with Crippen molar-refractivity contribution in [2.75, 3.05) is 31.3 Å². The summed E-state index contributed by atoms with van der Waals surface area (Å²) in [7, 11) is 3.27. The molecule has 1 rings (SSSR count). The number of hydrogen-bond acceptors (Lipinski definition) is 5. The lowest BCUT2D eigenvalue weighted by Crippen LogP contribution is -2.32. The van der Waals surface area contributed by atoms with Crippen LogP contribution < -0.4 is 10.6 Å². The number of nitrogens with zero attached hydrogens (tertiary/aromatic N) is 1. The van der Waals surface area contributed by atoms with E-state index < -0.39 is 4.92 Å². The number of ether oxygens (including phenoxy) is 1. The first-order valence-electron chi connectivity index (χ1n) is 5.65. The molecule has 0 heterocycles. The summed E-state index contributed by atoms with van der Waals surface area (Å²) in [5.74, 6) is 0. The van der Waals surface area contributed by atoms with E-state index in [4.69, 9.17) is 4.74 Å². The summed E-state index contributed by atoms with van der Waals surface area (Å²) in [6.45, 7) is 4.30. The molecule has 0 saturated heterocycles. The van der Waals surface area contributed by atoms with Gasteiger partial charge in [0.05, 0.1) is 10.5 Å². The Balaban J connectivity index is 2.99. The number of para-hydroxylation sites is 1. The molecule has 6 nitrogen and oxygen atoms in total. The molecule has 0 radical (unpaired) electrons. The van der Waals surface area contributed by atoms with Gasteiger partial charge in [0.2, 0.25) is 0 Å². The van der Waals surface area contributed by atoms with Gasteiger partial charge in [0.25, 0.3) is 0 Å². The fourth-order valence-corrected chi connectivity index (χ4v) is 1.46. The summed E-state index contributed by atoms with van der Waals surface area (Å²) in [6.07, 6.45) is 0. The van der Waals surface area contributed by atoms with Crippen LogP contribution in [0.2, 0.25) is 0 Å². The molecule has 0 amide bonds. The minimum Gasteiger partial charge on any atom is -0.382 e. The summed E-state index contributed by atoms with van der Waals surface area (Å²) in [6, 6.07) is 5.12. The van der Waals surface area contributed by atoms with Crippen molar-refractivity contribution in [2.45, 2.75) is 19.4 Å². The van der Waals surface area contributed by atoms with Crippen LogP contribution in [0.3, 0.4) is 0 Å². The van der Waals surface area contributed by atoms with Gasteiger partial charge in [-0.1, -0.05) is 6.07 Å². The third kappa shape index (κ3) is 3.33. The molecule has 0 aliphatic heterocycles. The quantitative estimate of drug-likeness (QED) is 0.601. The Hall–Kier alpha value is -1.82. The lowest BCUT2D eigenvalue weighted by molar-refractivity contribution is -0.383. The van der Waals surface area contributed by atoms with E-state index >= 15 is 0 Å². The van der Waals surface area contributed by atoms with Gasteiger partial charge < -0.3 is 15.4 Å². The highest BCUT2D eigenvalue weighted by atomic mass is 16.6. The molecule has 100 valence electrons. The molecule has 2 N–H and O–H groups in total. The summed E-state index contributed by atoms with van der Waals surface area (Å²) in [5, 5.41) is 17.0. The standard InChI is InChI=1S/C12H19N3O3/c1-12(2,18-4)8-14-10-7-5-6-9(13-3)11(10)15(16)17/h5-7,13-14H,8H2,1-4H3. The molecule has 6 heteroatoms. The maximum absolute atomic E-state index is 11.1. The highest BCUT2D eigenvalue weighted by molar-refractivity contribution is 5.76. The van der Waals surface area contributed by atoms with Crippen molar-refractivity contribution in [3.63, 3.8) is 0 Å². The highest BCUT2D eigenvalue weighted by Crippen LogP contribution is 2.32. The number of nitro groups is 1. The summed E-state index contributed by atoms with van der Waals surface area (Å²) < 4.78 is 5.27. The van der Waals surface area contributed by atoms with Crippen molar-refractivity contribution in [1.82, 2.24) is 0 Å². The van der Waals surface area contributed by atoms with Crippen molar-refractivity contribution in [3.8, 4) is 0 Å². The zero-order valence-electron chi connectivity index (χ0n) is 11.1. The van der Waals surface area contributed by atoms with Crippen LogP contribution in [0.1, 0.15) is 13.8 Å². The van der Waals surface area contributed by atoms with Crippen molar-refractivity contribution < 1.29 is 9.66 Å². The van der Waals surface area contributed by atoms with Gasteiger partial charge in [-0.3, -0.25) is 10.1 Å². The third-order valence-electron chi connectivity index (χ3n) is 2.75. The lowest BCUT2D eigenvalue weighted by atomic mass is 10.1. The van der Waals surface area contributed by atoms with Crippen LogP contribution in [0.25, 0.3) is 0 Å². The minimum absolute atomic E-state index is 0.0481. The van der Waals surface area contributed by atoms with Crippen LogP contribution in [0.15, 0.2) is 18.2 Å². The minimum atomic E-state index is -0.395. The number of nitrogens with one attached hydrogen (secondary N) is 2. The topological polar surface area (TPSA) is 76.4 Å². The Labute approximate surface area is 106 Å². The van der Waals surface area contributed by atoms with Crippen molar-refractivity contribution in [1.29, 1.82) is 0 Å². The normalized spacial score (nSPS) is 11.1. The zero-order valence-corrected chi connectivity index (χ0v) is 11.1. The van der Waals surface area contributed by atoms with E-state index in [9.17, 15) is 10.1 Å². The van der Waals surface area contributed by atoms with E-state index in [2.05, 4.69) is 10.6 Å². The van der Waals surface area contributed by atoms with Gasteiger partial charge in [-0.25, -0.2) is 0 Å². The molecule has 0 fully saturated rings. The molecule has 0 bridgehead atoms. The average Bonchev–Trinajstić information content (AvgIpc) is 2.35. The SMILES string of the molecule is CNc1cccc(NCC(C)(C)OC)c1[N+](=O)[O-]. The average molecular weight is 253 g/mol. The summed E-state index contributed by atoms with van der Waals surface area (Å²) in [4.78, 5) is 10.7. The van der Waals surface area contributed by atoms with E-state index in [1.165, 1.54) is 0 Å². The fraction of sp³-hybridized carbons (Fsp3) is 0.500. The van der Waals surface area contributed by atoms with Crippen LogP contribution >= 0.6 is 0 Å². The Morgan fingerprint density at radius 1 is 1.39 bits per heavy atom. The number of benzene rings is 1. The number of hydrogen-bond donors (Lipinski definition) is 2. The Bertz CT molecular complexity index is 433. The lowest BCUT2D eigenvalue weighted by Gasteiger charge is -2.23. The van der Waals surface area contributed by atoms with Gasteiger partial charge in [0, 0.05) is 20.7 Å². The predicted octanol–water partition coefficient (Wildman–Crippen LogP) is 2.47. The Morgan fingerprint density at radius 3 is 2.50 bits per heavy atom. The monoisotopic (exact) mass is 253 g/mol. The van der Waals surface area contributed by atoms with Gasteiger partial charge in [-0.05, 0) is 26.0 Å². The highest BCUT2D eigenvalue weighted by Gasteiger charge is 2.22. The van der Waals surface area contributed by atoms with Crippen LogP contribution in [0.5, 0.6) is 0 Å². The molecular weight excluding hydrogens is 234 g/mol. The molecule has 0 saturated carbocycles. The predicted molar refractivity (Wildman–Crippen MR) is 72.2 cm³/mol. The molecule has 0 aliphatic carbocycles. The van der Waals surface area contributed by atoms with Gasteiger partial charge in [-0.2, -0.15) is 0 Å². The number of nitro benzene ring substituents is 1. The second-order valence-electron chi connectivity index (χ2n) is 4.53. The summed E-state index contributed by atoms with van der Waals surface area (Å²) in [5.41, 5.74) is 0.632. The van der Waals surface area contributed by atoms with Crippen LogP contribution in [0, 0.1) is 10.1 Å². The second-order valence-corrected chi connectivity index (χ2v) is 4.53. The Kier molecular flexibility index (Phi) is 4.49. The molecular formula is C12H19N3O3. The number of anilines is 2. The van der Waals surface area contributed by atoms with E-state index in [0.717, 1.165) is 0 Å². The summed E-state index contributed by atoms with van der Waals surface area (Å²) >= 11 is 0. The first-order chi connectivity index (χ1) is 8.41. The van der Waals surface area contributed by atoms with Gasteiger partial charge in [-0.15, -0.1) is 0 Å². The second kappa shape index (κ2) is 5.68. The first-order valence-corrected chi connectivity index (χ1v) is 5.65. The van der Waals surface area contributed by atoms with Gasteiger partial charge in [0.15, 0.2) is 0 Å². The maximum Gasteiger partial charge on any atom is 0.315 e. The molecule has 0 aromatic heterocycles. The molecule has 1 aromatic rings. The van der Waals surface area contributed by atoms with E-state index in [-0.39, 0.29) is 11.3 Å². The van der Waals surface area contributed by atoms with Crippen LogP contribution in [0.4, 0.5) is 17.1 Å². The van der Waals surface area contributed by atoms with Gasteiger partial charge >= 0.3 is 5.69 Å². The molecule has 0 spiro atoms. The molecule has 0 aliphatic rings. The smallest absolute Gasteiger partial charge is 0.315 e. The van der Waals surface area contributed by atoms with Crippen molar-refractivity contribution in [2.24, 2.45) is 0 Å². The van der Waals surface area contributed by atoms with Crippen molar-refractivity contribution in [3.05, 3.63) is 28.3 Å². The fourth-order valence-electron chi connectivity index (χ4n) is 1.46. The molecule has 1 aromatic carbocycles.